The Balaban J connectivity index is 3.37. The zero-order valence-corrected chi connectivity index (χ0v) is 60.4. The van der Waals surface area contributed by atoms with Crippen molar-refractivity contribution in [3.05, 3.63) is 36.5 Å². The monoisotopic (exact) mass is 1250 g/mol. The summed E-state index contributed by atoms with van der Waals surface area (Å²) in [4.78, 5) is 24.6. The maximum atomic E-state index is 12.6. The molecule has 1 amide bonds. The highest BCUT2D eigenvalue weighted by Crippen LogP contribution is 2.20. The van der Waals surface area contributed by atoms with Crippen molar-refractivity contribution < 1.29 is 24.5 Å². The minimum Gasteiger partial charge on any atom is -0.466 e. The van der Waals surface area contributed by atoms with Gasteiger partial charge >= 0.3 is 5.97 Å². The van der Waals surface area contributed by atoms with Gasteiger partial charge in [0.25, 0.3) is 0 Å². The van der Waals surface area contributed by atoms with Crippen LogP contribution >= 0.6 is 0 Å². The van der Waals surface area contributed by atoms with Gasteiger partial charge in [-0.2, -0.15) is 0 Å². The van der Waals surface area contributed by atoms with E-state index in [9.17, 15) is 19.8 Å². The molecule has 0 spiro atoms. The molecule has 2 unspecified atom stereocenters. The van der Waals surface area contributed by atoms with E-state index in [0.717, 1.165) is 44.9 Å². The summed E-state index contributed by atoms with van der Waals surface area (Å²) in [6.07, 6.45) is 103. The molecular formula is C83H159NO5. The average molecular weight is 1250 g/mol. The minimum atomic E-state index is -0.844. The molecule has 0 aromatic rings. The lowest BCUT2D eigenvalue weighted by Gasteiger charge is -2.20. The largest absolute Gasteiger partial charge is 0.466 e. The number of allylic oxidation sites excluding steroid dienone is 5. The molecule has 0 fully saturated rings. The van der Waals surface area contributed by atoms with E-state index in [1.165, 1.54) is 385 Å². The number of hydrogen-bond donors (Lipinski definition) is 3. The predicted octanol–water partition coefficient (Wildman–Crippen LogP) is 27.0. The molecule has 0 aromatic heterocycles. The van der Waals surface area contributed by atoms with Gasteiger partial charge in [-0.15, -0.1) is 0 Å². The van der Waals surface area contributed by atoms with E-state index in [0.29, 0.717) is 19.4 Å². The lowest BCUT2D eigenvalue weighted by atomic mass is 10.0. The molecule has 0 bridgehead atoms. The van der Waals surface area contributed by atoms with Gasteiger partial charge in [-0.25, -0.2) is 0 Å². The number of nitrogens with one attached hydrogen (secondary N) is 1. The van der Waals surface area contributed by atoms with Gasteiger partial charge < -0.3 is 20.3 Å². The number of carbonyl (C=O) groups is 2. The summed E-state index contributed by atoms with van der Waals surface area (Å²) < 4.78 is 5.48. The van der Waals surface area contributed by atoms with Crippen LogP contribution in [0.15, 0.2) is 36.5 Å². The lowest BCUT2D eigenvalue weighted by Crippen LogP contribution is -2.45. The highest BCUT2D eigenvalue weighted by Gasteiger charge is 2.18. The second kappa shape index (κ2) is 78.5. The van der Waals surface area contributed by atoms with Crippen LogP contribution in [-0.4, -0.2) is 47.4 Å². The maximum Gasteiger partial charge on any atom is 0.305 e. The summed E-state index contributed by atoms with van der Waals surface area (Å²) in [7, 11) is 0. The molecule has 0 aromatic carbocycles. The average Bonchev–Trinajstić information content (AvgIpc) is 3.65. The molecule has 0 radical (unpaired) electrons. The number of rotatable bonds is 77. The Morgan fingerprint density at radius 2 is 0.528 bits per heavy atom. The number of aliphatic hydroxyl groups is 2. The molecule has 526 valence electrons. The predicted molar refractivity (Wildman–Crippen MR) is 393 cm³/mol. The van der Waals surface area contributed by atoms with Crippen molar-refractivity contribution in [3.63, 3.8) is 0 Å². The van der Waals surface area contributed by atoms with Crippen molar-refractivity contribution in [2.24, 2.45) is 0 Å². The number of hydrogen-bond acceptors (Lipinski definition) is 5. The second-order valence-corrected chi connectivity index (χ2v) is 28.1. The van der Waals surface area contributed by atoms with Gasteiger partial charge in [0.1, 0.15) is 0 Å². The smallest absolute Gasteiger partial charge is 0.305 e. The first kappa shape index (κ1) is 87.1. The van der Waals surface area contributed by atoms with Gasteiger partial charge in [-0.3, -0.25) is 9.59 Å². The summed E-state index contributed by atoms with van der Waals surface area (Å²) >= 11 is 0. The number of unbranched alkanes of at least 4 members (excludes halogenated alkanes) is 62. The normalized spacial score (nSPS) is 12.6. The number of amides is 1. The molecule has 0 heterocycles. The van der Waals surface area contributed by atoms with Gasteiger partial charge in [-0.05, 0) is 83.5 Å². The molecular weight excluding hydrogens is 1090 g/mol. The maximum absolute atomic E-state index is 12.6. The van der Waals surface area contributed by atoms with Crippen LogP contribution in [-0.2, 0) is 14.3 Å². The van der Waals surface area contributed by atoms with Crippen LogP contribution in [0, 0.1) is 0 Å². The minimum absolute atomic E-state index is 0.0105. The van der Waals surface area contributed by atoms with Crippen LogP contribution in [0.5, 0.6) is 0 Å². The van der Waals surface area contributed by atoms with Crippen molar-refractivity contribution in [2.75, 3.05) is 13.2 Å². The van der Waals surface area contributed by atoms with Gasteiger partial charge in [-0.1, -0.05) is 397 Å². The number of esters is 1. The topological polar surface area (TPSA) is 95.9 Å². The van der Waals surface area contributed by atoms with E-state index in [1.54, 1.807) is 6.08 Å². The molecule has 2 atom stereocenters. The van der Waals surface area contributed by atoms with E-state index in [4.69, 9.17) is 4.74 Å². The Hall–Kier alpha value is -1.92. The van der Waals surface area contributed by atoms with E-state index in [2.05, 4.69) is 43.5 Å². The van der Waals surface area contributed by atoms with E-state index < -0.39 is 12.1 Å². The summed E-state index contributed by atoms with van der Waals surface area (Å²) in [5.74, 6) is -0.0486. The molecule has 89 heavy (non-hydrogen) atoms. The van der Waals surface area contributed by atoms with Crippen LogP contribution < -0.4 is 5.32 Å². The molecule has 0 saturated heterocycles. The van der Waals surface area contributed by atoms with Gasteiger partial charge in [0, 0.05) is 12.8 Å². The summed E-state index contributed by atoms with van der Waals surface area (Å²) in [5, 5.41) is 23.3. The molecule has 0 aliphatic carbocycles. The third kappa shape index (κ3) is 75.0. The number of aliphatic hydroxyl groups excluding tert-OH is 2. The van der Waals surface area contributed by atoms with Crippen molar-refractivity contribution in [3.8, 4) is 0 Å². The fourth-order valence-electron chi connectivity index (χ4n) is 12.9. The van der Waals surface area contributed by atoms with Gasteiger partial charge in [0.15, 0.2) is 0 Å². The van der Waals surface area contributed by atoms with Crippen molar-refractivity contribution >= 4 is 11.9 Å². The van der Waals surface area contributed by atoms with Crippen LogP contribution in [0.4, 0.5) is 0 Å². The summed E-state index contributed by atoms with van der Waals surface area (Å²) in [5.41, 5.74) is 0. The second-order valence-electron chi connectivity index (χ2n) is 28.1. The molecule has 0 rings (SSSR count). The Morgan fingerprint density at radius 1 is 0.303 bits per heavy atom. The molecule has 0 aliphatic heterocycles. The van der Waals surface area contributed by atoms with Gasteiger partial charge in [0.05, 0.1) is 25.4 Å². The highest BCUT2D eigenvalue weighted by molar-refractivity contribution is 5.76. The van der Waals surface area contributed by atoms with E-state index in [1.807, 2.05) is 6.08 Å². The van der Waals surface area contributed by atoms with Crippen LogP contribution in [0.25, 0.3) is 0 Å². The first-order valence-corrected chi connectivity index (χ1v) is 40.8. The lowest BCUT2D eigenvalue weighted by molar-refractivity contribution is -0.143. The molecule has 6 nitrogen and oxygen atoms in total. The Morgan fingerprint density at radius 3 is 0.820 bits per heavy atom. The standard InChI is InChI=1S/C83H159NO5/c1-3-5-7-9-11-13-15-17-18-19-20-21-22-34-37-40-43-46-49-52-55-59-63-67-71-75-81(86)80(79-85)84-82(87)76-72-68-64-60-56-53-50-47-44-41-38-35-32-30-28-26-24-23-25-27-29-31-33-36-39-42-45-48-51-54-58-62-66-70-74-78-89-83(88)77-73-69-65-61-57-16-14-12-10-8-6-4-2/h12,14,25,27,71,75,80-81,85-86H,3-11,13,15-24,26,28-70,72-74,76-79H2,1-2H3,(H,84,87)/b14-12-,27-25-,75-71+. The zero-order valence-electron chi connectivity index (χ0n) is 60.4. The zero-order chi connectivity index (χ0) is 64.2. The Labute approximate surface area is 557 Å². The molecule has 0 aliphatic rings. The SMILES string of the molecule is CCCCC/C=C\CCCCCCCC(=O)OCCCCCCCCCCCCCCCC/C=C\CCCCCCCCCCCCCCCCCCCC(=O)NC(CO)C(O)/C=C/CCCCCCCCCCCCCCCCCCCCCCCCC. The van der Waals surface area contributed by atoms with E-state index >= 15 is 0 Å². The van der Waals surface area contributed by atoms with E-state index in [-0.39, 0.29) is 18.5 Å². The van der Waals surface area contributed by atoms with Crippen molar-refractivity contribution in [1.82, 2.24) is 5.32 Å². The first-order chi connectivity index (χ1) is 44.0. The fraction of sp³-hybridized carbons (Fsp3) is 0.904. The fourth-order valence-corrected chi connectivity index (χ4v) is 12.9. The van der Waals surface area contributed by atoms with Crippen molar-refractivity contribution in [2.45, 2.75) is 469 Å². The van der Waals surface area contributed by atoms with Crippen LogP contribution in [0.2, 0.25) is 0 Å². The highest BCUT2D eigenvalue weighted by atomic mass is 16.5. The van der Waals surface area contributed by atoms with Gasteiger partial charge in [0.2, 0.25) is 5.91 Å². The first-order valence-electron chi connectivity index (χ1n) is 40.8. The molecule has 0 saturated carbocycles. The van der Waals surface area contributed by atoms with Crippen LogP contribution in [0.1, 0.15) is 457 Å². The molecule has 6 heteroatoms. The summed E-state index contributed by atoms with van der Waals surface area (Å²) in [6.45, 7) is 4.93. The van der Waals surface area contributed by atoms with Crippen molar-refractivity contribution in [1.29, 1.82) is 0 Å². The van der Waals surface area contributed by atoms with Crippen LogP contribution in [0.3, 0.4) is 0 Å². The Bertz CT molecular complexity index is 1440. The Kier molecular flexibility index (Phi) is 76.8. The number of carbonyl (C=O) groups excluding carboxylic acids is 2. The third-order valence-corrected chi connectivity index (χ3v) is 19.1. The third-order valence-electron chi connectivity index (χ3n) is 19.1. The molecule has 3 N–H and O–H groups in total. The number of ether oxygens (including phenoxy) is 1. The quantitative estimate of drug-likeness (QED) is 0.0320. The summed E-state index contributed by atoms with van der Waals surface area (Å²) in [6, 6.07) is -0.627.